The molecule has 0 amide bonds. The van der Waals surface area contributed by atoms with E-state index >= 15 is 0 Å². The number of nitrogens with zero attached hydrogens (tertiary/aromatic N) is 6. The average molecular weight is 446 g/mol. The highest BCUT2D eigenvalue weighted by Crippen LogP contribution is 2.35. The van der Waals surface area contributed by atoms with Crippen LogP contribution < -0.4 is 10.6 Å². The molecule has 1 saturated heterocycles. The second-order valence-electron chi connectivity index (χ2n) is 8.98. The van der Waals surface area contributed by atoms with Gasteiger partial charge in [0.1, 0.15) is 17.5 Å². The number of benzene rings is 1. The van der Waals surface area contributed by atoms with Crippen molar-refractivity contribution >= 4 is 22.8 Å². The molecule has 4 rings (SSSR count). The maximum atomic E-state index is 14.8. The maximum Gasteiger partial charge on any atom is 0.228 e. The molecule has 8 nitrogen and oxygen atoms in total. The Kier molecular flexibility index (Phi) is 6.00. The molecule has 0 unspecified atom stereocenters. The number of hydrogen-bond donors (Lipinski definition) is 1. The summed E-state index contributed by atoms with van der Waals surface area (Å²) in [5.74, 6) is -0.547. The number of hydrogen-bond acceptors (Lipinski definition) is 7. The fraction of sp³-hybridized carbons (Fsp3) is 0.500. The summed E-state index contributed by atoms with van der Waals surface area (Å²) in [5, 5.41) is 5.08. The van der Waals surface area contributed by atoms with E-state index in [9.17, 15) is 8.78 Å². The van der Waals surface area contributed by atoms with Crippen LogP contribution in [0.3, 0.4) is 0 Å². The zero-order valence-corrected chi connectivity index (χ0v) is 18.9. The van der Waals surface area contributed by atoms with E-state index in [1.165, 1.54) is 12.1 Å². The molecule has 1 aliphatic heterocycles. The fourth-order valence-electron chi connectivity index (χ4n) is 3.92. The third-order valence-electron chi connectivity index (χ3n) is 5.65. The summed E-state index contributed by atoms with van der Waals surface area (Å²) < 4.78 is 35.2. The number of methoxy groups -OCH3 is 1. The molecule has 1 aromatic carbocycles. The molecule has 0 bridgehead atoms. The van der Waals surface area contributed by atoms with Gasteiger partial charge in [0, 0.05) is 51.5 Å². The molecule has 172 valence electrons. The van der Waals surface area contributed by atoms with Gasteiger partial charge < -0.3 is 15.4 Å². The number of piperazine rings is 1. The Labute approximate surface area is 186 Å². The van der Waals surface area contributed by atoms with E-state index in [0.29, 0.717) is 35.1 Å². The first-order chi connectivity index (χ1) is 15.2. The minimum atomic E-state index is -0.705. The van der Waals surface area contributed by atoms with Gasteiger partial charge in [0.25, 0.3) is 0 Å². The summed E-state index contributed by atoms with van der Waals surface area (Å²) in [6, 6.07) is 3.44. The quantitative estimate of drug-likeness (QED) is 0.646. The largest absolute Gasteiger partial charge is 0.383 e. The number of nitrogens with two attached hydrogens (primary N) is 1. The second kappa shape index (κ2) is 8.59. The van der Waals surface area contributed by atoms with Gasteiger partial charge in [-0.2, -0.15) is 4.98 Å². The van der Waals surface area contributed by atoms with Crippen LogP contribution in [0.4, 0.5) is 20.5 Å². The molecule has 0 spiro atoms. The fourth-order valence-corrected chi connectivity index (χ4v) is 3.92. The van der Waals surface area contributed by atoms with Gasteiger partial charge in [-0.15, -0.1) is 5.10 Å². The van der Waals surface area contributed by atoms with Gasteiger partial charge in [-0.3, -0.25) is 4.90 Å². The van der Waals surface area contributed by atoms with Gasteiger partial charge in [0.2, 0.25) is 5.95 Å². The Hall–Kier alpha value is -2.85. The van der Waals surface area contributed by atoms with Crippen molar-refractivity contribution in [2.75, 3.05) is 57.1 Å². The van der Waals surface area contributed by atoms with Gasteiger partial charge >= 0.3 is 0 Å². The summed E-state index contributed by atoms with van der Waals surface area (Å²) >= 11 is 0. The number of rotatable bonds is 5. The van der Waals surface area contributed by atoms with Crippen LogP contribution in [0.1, 0.15) is 20.8 Å². The number of halogens is 2. The van der Waals surface area contributed by atoms with Gasteiger partial charge in [-0.1, -0.05) is 0 Å². The number of fused-ring (bicyclic) bond motifs is 1. The van der Waals surface area contributed by atoms with Crippen molar-refractivity contribution in [3.63, 3.8) is 0 Å². The van der Waals surface area contributed by atoms with Crippen LogP contribution >= 0.6 is 0 Å². The molecule has 1 aliphatic rings. The molecule has 10 heteroatoms. The van der Waals surface area contributed by atoms with E-state index in [1.54, 1.807) is 11.8 Å². The molecule has 0 saturated carbocycles. The lowest BCUT2D eigenvalue weighted by atomic mass is 10.1. The highest BCUT2D eigenvalue weighted by molar-refractivity contribution is 5.99. The van der Waals surface area contributed by atoms with Crippen LogP contribution in [-0.2, 0) is 10.3 Å². The SMILES string of the molecule is COCCN1CCN(c2nc(-c3ccc(F)cc3F)c3c(N)n(C(C)(C)C)nc3n2)CC1. The predicted octanol–water partition coefficient (Wildman–Crippen LogP) is 2.88. The average Bonchev–Trinajstić information content (AvgIpc) is 3.09. The zero-order valence-electron chi connectivity index (χ0n) is 18.9. The molecular formula is C22H29F2N7O. The molecule has 1 fully saturated rings. The van der Waals surface area contributed by atoms with Crippen molar-refractivity contribution in [1.82, 2.24) is 24.6 Å². The van der Waals surface area contributed by atoms with Crippen molar-refractivity contribution < 1.29 is 13.5 Å². The van der Waals surface area contributed by atoms with Gasteiger partial charge in [0.05, 0.1) is 23.2 Å². The van der Waals surface area contributed by atoms with Crippen LogP contribution in [0, 0.1) is 11.6 Å². The lowest BCUT2D eigenvalue weighted by Gasteiger charge is -2.34. The normalized spacial score (nSPS) is 15.6. The summed E-state index contributed by atoms with van der Waals surface area (Å²) in [4.78, 5) is 13.7. The van der Waals surface area contributed by atoms with Crippen molar-refractivity contribution in [3.8, 4) is 11.3 Å². The number of aromatic nitrogens is 4. The molecule has 0 aliphatic carbocycles. The number of anilines is 2. The van der Waals surface area contributed by atoms with Gasteiger partial charge in [-0.05, 0) is 32.9 Å². The molecule has 3 heterocycles. The molecular weight excluding hydrogens is 416 g/mol. The number of ether oxygens (including phenoxy) is 1. The van der Waals surface area contributed by atoms with E-state index in [-0.39, 0.29) is 5.56 Å². The molecule has 3 aromatic rings. The van der Waals surface area contributed by atoms with Crippen molar-refractivity contribution in [2.45, 2.75) is 26.3 Å². The van der Waals surface area contributed by atoms with E-state index in [0.717, 1.165) is 38.8 Å². The van der Waals surface area contributed by atoms with Crippen molar-refractivity contribution in [2.24, 2.45) is 0 Å². The highest BCUT2D eigenvalue weighted by atomic mass is 19.1. The maximum absolute atomic E-state index is 14.8. The molecule has 2 aromatic heterocycles. The summed E-state index contributed by atoms with van der Waals surface area (Å²) in [6.07, 6.45) is 0. The Morgan fingerprint density at radius 2 is 1.81 bits per heavy atom. The smallest absolute Gasteiger partial charge is 0.228 e. The first-order valence-electron chi connectivity index (χ1n) is 10.7. The Bertz CT molecular complexity index is 1120. The van der Waals surface area contributed by atoms with Crippen LogP contribution in [0.25, 0.3) is 22.3 Å². The third-order valence-corrected chi connectivity index (χ3v) is 5.65. The summed E-state index contributed by atoms with van der Waals surface area (Å²) in [7, 11) is 1.69. The third kappa shape index (κ3) is 4.24. The molecule has 32 heavy (non-hydrogen) atoms. The minimum absolute atomic E-state index is 0.166. The number of nitrogen functional groups attached to an aromatic ring is 1. The van der Waals surface area contributed by atoms with Crippen LogP contribution in [0.2, 0.25) is 0 Å². The van der Waals surface area contributed by atoms with Crippen LogP contribution in [-0.4, -0.2) is 71.1 Å². The van der Waals surface area contributed by atoms with E-state index < -0.39 is 17.2 Å². The Morgan fingerprint density at radius 3 is 2.44 bits per heavy atom. The zero-order chi connectivity index (χ0) is 23.0. The van der Waals surface area contributed by atoms with E-state index in [1.807, 2.05) is 20.8 Å². The lowest BCUT2D eigenvalue weighted by Crippen LogP contribution is -2.47. The minimum Gasteiger partial charge on any atom is -0.383 e. The van der Waals surface area contributed by atoms with Crippen molar-refractivity contribution in [1.29, 1.82) is 0 Å². The second-order valence-corrected chi connectivity index (χ2v) is 8.98. The van der Waals surface area contributed by atoms with Gasteiger partial charge in [-0.25, -0.2) is 18.4 Å². The Balaban J connectivity index is 1.80. The standard InChI is InChI=1S/C22H29F2N7O/c1-22(2,3)31-19(25)17-18(15-6-5-14(23)13-16(15)24)26-21(27-20(17)28-31)30-9-7-29(8-10-30)11-12-32-4/h5-6,13H,7-12,25H2,1-4H3. The summed E-state index contributed by atoms with van der Waals surface area (Å²) in [6.45, 7) is 10.6. The molecule has 2 N–H and O–H groups in total. The topological polar surface area (TPSA) is 85.3 Å². The molecule has 0 atom stereocenters. The monoisotopic (exact) mass is 445 g/mol. The predicted molar refractivity (Wildman–Crippen MR) is 121 cm³/mol. The van der Waals surface area contributed by atoms with Crippen LogP contribution in [0.15, 0.2) is 18.2 Å². The highest BCUT2D eigenvalue weighted by Gasteiger charge is 2.27. The van der Waals surface area contributed by atoms with Gasteiger partial charge in [0.15, 0.2) is 5.65 Å². The van der Waals surface area contributed by atoms with E-state index in [2.05, 4.69) is 19.9 Å². The first kappa shape index (κ1) is 22.3. The molecule has 0 radical (unpaired) electrons. The van der Waals surface area contributed by atoms with Crippen LogP contribution in [0.5, 0.6) is 0 Å². The Morgan fingerprint density at radius 1 is 1.09 bits per heavy atom. The first-order valence-corrected chi connectivity index (χ1v) is 10.7. The van der Waals surface area contributed by atoms with Crippen molar-refractivity contribution in [3.05, 3.63) is 29.8 Å². The lowest BCUT2D eigenvalue weighted by molar-refractivity contribution is 0.144. The van der Waals surface area contributed by atoms with E-state index in [4.69, 9.17) is 15.5 Å². The summed E-state index contributed by atoms with van der Waals surface area (Å²) in [5.41, 5.74) is 6.90.